The van der Waals surface area contributed by atoms with E-state index in [0.29, 0.717) is 0 Å². The zero-order chi connectivity index (χ0) is 8.20. The summed E-state index contributed by atoms with van der Waals surface area (Å²) in [6.07, 6.45) is -6.49. The van der Waals surface area contributed by atoms with Gasteiger partial charge < -0.3 is 4.79 Å². The van der Waals surface area contributed by atoms with Gasteiger partial charge in [-0.25, -0.2) is 0 Å². The Morgan fingerprint density at radius 3 is 2.20 bits per heavy atom. The number of hydrogen-bond acceptors (Lipinski definition) is 2. The summed E-state index contributed by atoms with van der Waals surface area (Å²) < 4.78 is 33.9. The van der Waals surface area contributed by atoms with E-state index in [1.165, 1.54) is 0 Å². The molecule has 2 nitrogen and oxygen atoms in total. The van der Waals surface area contributed by atoms with Crippen LogP contribution in [0.15, 0.2) is 0 Å². The molecule has 0 aromatic rings. The van der Waals surface area contributed by atoms with Gasteiger partial charge in [0.1, 0.15) is 18.5 Å². The van der Waals surface area contributed by atoms with Crippen LogP contribution in [0.25, 0.3) is 0 Å². The van der Waals surface area contributed by atoms with Gasteiger partial charge in [0.15, 0.2) is 0 Å². The molecule has 0 N–H and O–H groups in total. The molecule has 0 rings (SSSR count). The molecule has 0 aromatic heterocycles. The predicted molar refractivity (Wildman–Crippen MR) is 26.4 cm³/mol. The van der Waals surface area contributed by atoms with E-state index < -0.39 is 24.8 Å². The van der Waals surface area contributed by atoms with E-state index in [0.717, 1.165) is 0 Å². The van der Waals surface area contributed by atoms with Crippen molar-refractivity contribution < 1.29 is 22.8 Å². The monoisotopic (exact) mass is 154 g/mol. The average molecular weight is 154 g/mol. The Balaban J connectivity index is 3.68. The molecule has 0 spiro atoms. The van der Waals surface area contributed by atoms with E-state index in [9.17, 15) is 22.8 Å². The van der Waals surface area contributed by atoms with Crippen LogP contribution < -0.4 is 0 Å². The summed E-state index contributed by atoms with van der Waals surface area (Å²) >= 11 is 0. The Bertz CT molecular complexity index is 138. The molecule has 0 aliphatic heterocycles. The molecular formula is C5H5F3O2. The fourth-order valence-corrected chi connectivity index (χ4v) is 0.389. The second kappa shape index (κ2) is 3.34. The first kappa shape index (κ1) is 9.13. The van der Waals surface area contributed by atoms with Crippen molar-refractivity contribution in [2.45, 2.75) is 19.0 Å². The lowest BCUT2D eigenvalue weighted by molar-refractivity contribution is -0.152. The molecule has 58 valence electrons. The Morgan fingerprint density at radius 2 is 1.90 bits per heavy atom. The zero-order valence-corrected chi connectivity index (χ0v) is 4.94. The van der Waals surface area contributed by atoms with Gasteiger partial charge in [0.05, 0.1) is 6.42 Å². The Hall–Kier alpha value is -0.870. The van der Waals surface area contributed by atoms with E-state index in [-0.39, 0.29) is 6.29 Å². The summed E-state index contributed by atoms with van der Waals surface area (Å²) in [4.78, 5) is 19.6. The third-order valence-corrected chi connectivity index (χ3v) is 0.709. The van der Waals surface area contributed by atoms with Crippen LogP contribution in [0, 0.1) is 0 Å². The normalized spacial score (nSPS) is 11.1. The van der Waals surface area contributed by atoms with Gasteiger partial charge in [-0.15, -0.1) is 0 Å². The van der Waals surface area contributed by atoms with E-state index in [1.54, 1.807) is 0 Å². The first-order valence-electron chi connectivity index (χ1n) is 2.48. The maximum absolute atomic E-state index is 11.3. The number of carbonyl (C=O) groups excluding carboxylic acids is 2. The van der Waals surface area contributed by atoms with Crippen LogP contribution in [0.3, 0.4) is 0 Å². The largest absolute Gasteiger partial charge is 0.395 e. The highest BCUT2D eigenvalue weighted by Crippen LogP contribution is 2.19. The quantitative estimate of drug-likeness (QED) is 0.450. The minimum atomic E-state index is -4.49. The maximum Gasteiger partial charge on any atom is 0.395 e. The minimum absolute atomic E-state index is 0.161. The third kappa shape index (κ3) is 5.27. The van der Waals surface area contributed by atoms with Crippen molar-refractivity contribution in [2.75, 3.05) is 0 Å². The molecule has 0 radical (unpaired) electrons. The molecule has 0 saturated heterocycles. The molecule has 0 saturated carbocycles. The second-order valence-corrected chi connectivity index (χ2v) is 1.70. The van der Waals surface area contributed by atoms with Crippen LogP contribution >= 0.6 is 0 Å². The van der Waals surface area contributed by atoms with Crippen molar-refractivity contribution in [3.63, 3.8) is 0 Å². The molecule has 10 heavy (non-hydrogen) atoms. The summed E-state index contributed by atoms with van der Waals surface area (Å²) in [5.74, 6) is -1.09. The first-order valence-corrected chi connectivity index (χ1v) is 2.48. The lowest BCUT2D eigenvalue weighted by Crippen LogP contribution is -2.14. The number of alkyl halides is 3. The molecule has 0 aromatic carbocycles. The van der Waals surface area contributed by atoms with Gasteiger partial charge in [-0.05, 0) is 0 Å². The van der Waals surface area contributed by atoms with Crippen LogP contribution in [0.2, 0.25) is 0 Å². The zero-order valence-electron chi connectivity index (χ0n) is 4.94. The summed E-state index contributed by atoms with van der Waals surface area (Å²) in [7, 11) is 0. The topological polar surface area (TPSA) is 34.1 Å². The molecule has 0 atom stereocenters. The van der Waals surface area contributed by atoms with Crippen molar-refractivity contribution in [2.24, 2.45) is 0 Å². The summed E-state index contributed by atoms with van der Waals surface area (Å²) in [6, 6.07) is 0. The van der Waals surface area contributed by atoms with Gasteiger partial charge in [-0.1, -0.05) is 0 Å². The van der Waals surface area contributed by atoms with E-state index in [1.807, 2.05) is 0 Å². The maximum atomic E-state index is 11.3. The number of hydrogen-bond donors (Lipinski definition) is 0. The second-order valence-electron chi connectivity index (χ2n) is 1.70. The number of halogens is 3. The SMILES string of the molecule is O=CCC(=O)CC(F)(F)F. The Morgan fingerprint density at radius 1 is 1.40 bits per heavy atom. The average Bonchev–Trinajstić information content (AvgIpc) is 1.59. The molecule has 0 aliphatic rings. The molecule has 0 fully saturated rings. The lowest BCUT2D eigenvalue weighted by Gasteiger charge is -2.01. The number of rotatable bonds is 3. The highest BCUT2D eigenvalue weighted by atomic mass is 19.4. The number of carbonyl (C=O) groups is 2. The first-order chi connectivity index (χ1) is 4.45. The fourth-order valence-electron chi connectivity index (χ4n) is 0.389. The van der Waals surface area contributed by atoms with E-state index in [4.69, 9.17) is 0 Å². The van der Waals surface area contributed by atoms with Crippen LogP contribution in [0.4, 0.5) is 13.2 Å². The molecule has 0 aliphatic carbocycles. The smallest absolute Gasteiger partial charge is 0.303 e. The molecule has 0 unspecified atom stereocenters. The molecule has 0 amide bonds. The summed E-state index contributed by atoms with van der Waals surface area (Å²) in [5, 5.41) is 0. The van der Waals surface area contributed by atoms with Crippen LogP contribution in [0.5, 0.6) is 0 Å². The van der Waals surface area contributed by atoms with Crippen molar-refractivity contribution in [1.82, 2.24) is 0 Å². The predicted octanol–water partition coefficient (Wildman–Crippen LogP) is 1.10. The van der Waals surface area contributed by atoms with Gasteiger partial charge in [0.25, 0.3) is 0 Å². The van der Waals surface area contributed by atoms with E-state index >= 15 is 0 Å². The van der Waals surface area contributed by atoms with Crippen LogP contribution in [-0.4, -0.2) is 18.2 Å². The minimum Gasteiger partial charge on any atom is -0.303 e. The van der Waals surface area contributed by atoms with Crippen molar-refractivity contribution in [3.05, 3.63) is 0 Å². The standard InChI is InChI=1S/C5H5F3O2/c6-5(7,8)3-4(10)1-2-9/h2H,1,3H2. The molecular weight excluding hydrogens is 149 g/mol. The van der Waals surface area contributed by atoms with Gasteiger partial charge in [-0.3, -0.25) is 4.79 Å². The molecule has 5 heteroatoms. The molecule has 0 heterocycles. The highest BCUT2D eigenvalue weighted by Gasteiger charge is 2.30. The van der Waals surface area contributed by atoms with Crippen LogP contribution in [-0.2, 0) is 9.59 Å². The van der Waals surface area contributed by atoms with Gasteiger partial charge >= 0.3 is 6.18 Å². The summed E-state index contributed by atoms with van der Waals surface area (Å²) in [5.41, 5.74) is 0. The highest BCUT2D eigenvalue weighted by molar-refractivity contribution is 5.89. The Kier molecular flexibility index (Phi) is 3.05. The van der Waals surface area contributed by atoms with Gasteiger partial charge in [0.2, 0.25) is 0 Å². The number of aldehydes is 1. The molecule has 0 bridgehead atoms. The fraction of sp³-hybridized carbons (Fsp3) is 0.600. The van der Waals surface area contributed by atoms with Crippen molar-refractivity contribution in [3.8, 4) is 0 Å². The third-order valence-electron chi connectivity index (χ3n) is 0.709. The Labute approximate surface area is 55.0 Å². The van der Waals surface area contributed by atoms with E-state index in [2.05, 4.69) is 0 Å². The van der Waals surface area contributed by atoms with Crippen molar-refractivity contribution >= 4 is 12.1 Å². The van der Waals surface area contributed by atoms with Gasteiger partial charge in [0, 0.05) is 0 Å². The van der Waals surface area contributed by atoms with Gasteiger partial charge in [-0.2, -0.15) is 13.2 Å². The number of ketones is 1. The lowest BCUT2D eigenvalue weighted by atomic mass is 10.2. The van der Waals surface area contributed by atoms with Crippen LogP contribution in [0.1, 0.15) is 12.8 Å². The summed E-state index contributed by atoms with van der Waals surface area (Å²) in [6.45, 7) is 0. The van der Waals surface area contributed by atoms with Crippen molar-refractivity contribution in [1.29, 1.82) is 0 Å². The number of Topliss-reactive ketones (excluding diaryl/α,β-unsaturated/α-hetero) is 1.